The van der Waals surface area contributed by atoms with Crippen molar-refractivity contribution in [2.75, 3.05) is 10.6 Å². The Morgan fingerprint density at radius 1 is 1.11 bits per heavy atom. The van der Waals surface area contributed by atoms with E-state index in [0.29, 0.717) is 41.2 Å². The van der Waals surface area contributed by atoms with E-state index in [9.17, 15) is 10.2 Å². The van der Waals surface area contributed by atoms with E-state index in [-0.39, 0.29) is 6.04 Å². The average Bonchev–Trinajstić information content (AvgIpc) is 3.66. The van der Waals surface area contributed by atoms with Crippen LogP contribution in [0.15, 0.2) is 16.9 Å². The number of nitrogens with one attached hydrogen (secondary N) is 2. The predicted octanol–water partition coefficient (Wildman–Crippen LogP) is 3.32. The van der Waals surface area contributed by atoms with Gasteiger partial charge in [0.05, 0.1) is 12.0 Å². The van der Waals surface area contributed by atoms with Gasteiger partial charge in [0.2, 0.25) is 5.95 Å². The van der Waals surface area contributed by atoms with Crippen molar-refractivity contribution in [2.45, 2.75) is 102 Å². The van der Waals surface area contributed by atoms with E-state index in [0.717, 1.165) is 31.4 Å². The second-order valence-electron chi connectivity index (χ2n) is 9.51. The molecule has 3 aromatic heterocycles. The Labute approximate surface area is 204 Å². The van der Waals surface area contributed by atoms with Crippen molar-refractivity contribution in [3.63, 3.8) is 0 Å². The SMILES string of the molecule is CCc1cc([C@H]2O[C@@H](n3cnc4c(NC(CC)CC)nc(NC5CCCC5)nc43)[C@H](O)[C@@H]2O)on1. The summed E-state index contributed by atoms with van der Waals surface area (Å²) in [7, 11) is 0. The normalized spacial score (nSPS) is 25.2. The molecule has 1 saturated heterocycles. The highest BCUT2D eigenvalue weighted by molar-refractivity contribution is 5.84. The number of nitrogens with zero attached hydrogens (tertiary/aromatic N) is 5. The molecule has 5 rings (SSSR count). The molecule has 4 N–H and O–H groups in total. The molecule has 4 heterocycles. The van der Waals surface area contributed by atoms with Gasteiger partial charge in [-0.15, -0.1) is 0 Å². The Morgan fingerprint density at radius 2 is 1.89 bits per heavy atom. The molecule has 0 spiro atoms. The second-order valence-corrected chi connectivity index (χ2v) is 9.51. The van der Waals surface area contributed by atoms with Crippen molar-refractivity contribution in [2.24, 2.45) is 0 Å². The van der Waals surface area contributed by atoms with Gasteiger partial charge in [-0.1, -0.05) is 38.8 Å². The zero-order valence-corrected chi connectivity index (χ0v) is 20.5. The lowest BCUT2D eigenvalue weighted by atomic mass is 10.1. The first-order chi connectivity index (χ1) is 17.0. The number of hydrogen-bond acceptors (Lipinski definition) is 10. The van der Waals surface area contributed by atoms with Gasteiger partial charge in [0, 0.05) is 18.2 Å². The fourth-order valence-electron chi connectivity index (χ4n) is 4.96. The Bertz CT molecular complexity index is 1140. The number of anilines is 2. The molecule has 0 radical (unpaired) electrons. The van der Waals surface area contributed by atoms with Crippen LogP contribution in [0.25, 0.3) is 11.2 Å². The van der Waals surface area contributed by atoms with Crippen molar-refractivity contribution in [3.8, 4) is 0 Å². The minimum Gasteiger partial charge on any atom is -0.387 e. The Balaban J connectivity index is 1.50. The van der Waals surface area contributed by atoms with E-state index in [1.54, 1.807) is 17.0 Å². The number of ether oxygens (including phenoxy) is 1. The van der Waals surface area contributed by atoms with Crippen LogP contribution in [0.1, 0.15) is 83.1 Å². The number of rotatable bonds is 9. The highest BCUT2D eigenvalue weighted by Gasteiger charge is 2.47. The van der Waals surface area contributed by atoms with E-state index in [4.69, 9.17) is 19.2 Å². The van der Waals surface area contributed by atoms with E-state index >= 15 is 0 Å². The summed E-state index contributed by atoms with van der Waals surface area (Å²) in [6.45, 7) is 6.23. The summed E-state index contributed by atoms with van der Waals surface area (Å²) in [4.78, 5) is 14.1. The number of fused-ring (bicyclic) bond motifs is 1. The highest BCUT2D eigenvalue weighted by Crippen LogP contribution is 2.40. The maximum Gasteiger partial charge on any atom is 0.227 e. The third kappa shape index (κ3) is 4.60. The number of aliphatic hydroxyl groups is 2. The lowest BCUT2D eigenvalue weighted by Crippen LogP contribution is -2.29. The third-order valence-electron chi connectivity index (χ3n) is 7.17. The number of imidazole rings is 1. The number of aromatic nitrogens is 5. The molecule has 2 fully saturated rings. The van der Waals surface area contributed by atoms with E-state index in [2.05, 4.69) is 34.6 Å². The highest BCUT2D eigenvalue weighted by atomic mass is 16.6. The fraction of sp³-hybridized carbons (Fsp3) is 0.667. The largest absolute Gasteiger partial charge is 0.387 e. The van der Waals surface area contributed by atoms with Gasteiger partial charge in [0.25, 0.3) is 0 Å². The van der Waals surface area contributed by atoms with E-state index in [1.807, 2.05) is 6.92 Å². The Morgan fingerprint density at radius 3 is 2.57 bits per heavy atom. The van der Waals surface area contributed by atoms with Gasteiger partial charge in [0.1, 0.15) is 18.3 Å². The lowest BCUT2D eigenvalue weighted by molar-refractivity contribution is -0.0434. The molecule has 190 valence electrons. The zero-order valence-electron chi connectivity index (χ0n) is 20.5. The molecule has 11 heteroatoms. The molecular formula is C24H35N7O4. The first-order valence-electron chi connectivity index (χ1n) is 12.8. The standard InChI is InChI=1S/C24H35N7O4/c1-4-13(5-2)26-21-17-22(29-24(28-21)27-15-9-7-8-10-15)31(12-25-17)23-19(33)18(32)20(34-23)16-11-14(6-3)30-35-16/h11-13,15,18-20,23,32-33H,4-10H2,1-3H3,(H2,26,27,28,29)/t18-,19+,20+,23+/m0/s1. The first-order valence-corrected chi connectivity index (χ1v) is 12.8. The Hall–Kier alpha value is -2.76. The van der Waals surface area contributed by atoms with E-state index < -0.39 is 24.5 Å². The van der Waals surface area contributed by atoms with Gasteiger partial charge in [-0.25, -0.2) is 4.98 Å². The molecule has 1 aliphatic heterocycles. The summed E-state index contributed by atoms with van der Waals surface area (Å²) in [6, 6.07) is 2.33. The summed E-state index contributed by atoms with van der Waals surface area (Å²) in [5, 5.41) is 32.7. The average molecular weight is 486 g/mol. The van der Waals surface area contributed by atoms with Crippen LogP contribution in [0.4, 0.5) is 11.8 Å². The molecule has 0 amide bonds. The number of aryl methyl sites for hydroxylation is 1. The molecule has 0 bridgehead atoms. The van der Waals surface area contributed by atoms with Gasteiger partial charge >= 0.3 is 0 Å². The molecule has 11 nitrogen and oxygen atoms in total. The lowest BCUT2D eigenvalue weighted by Gasteiger charge is -2.19. The molecular weight excluding hydrogens is 450 g/mol. The van der Waals surface area contributed by atoms with Gasteiger partial charge < -0.3 is 30.1 Å². The minimum atomic E-state index is -1.20. The van der Waals surface area contributed by atoms with Crippen molar-refractivity contribution in [1.29, 1.82) is 0 Å². The smallest absolute Gasteiger partial charge is 0.227 e. The maximum absolute atomic E-state index is 10.9. The van der Waals surface area contributed by atoms with Crippen LogP contribution >= 0.6 is 0 Å². The summed E-state index contributed by atoms with van der Waals surface area (Å²) >= 11 is 0. The summed E-state index contributed by atoms with van der Waals surface area (Å²) < 4.78 is 13.1. The van der Waals surface area contributed by atoms with Gasteiger partial charge in [-0.05, 0) is 32.1 Å². The molecule has 4 atom stereocenters. The van der Waals surface area contributed by atoms with Crippen LogP contribution in [0.2, 0.25) is 0 Å². The van der Waals surface area contributed by atoms with E-state index in [1.165, 1.54) is 12.8 Å². The van der Waals surface area contributed by atoms with Crippen molar-refractivity contribution in [1.82, 2.24) is 24.7 Å². The second kappa shape index (κ2) is 10.1. The number of hydrogen-bond donors (Lipinski definition) is 4. The summed E-state index contributed by atoms with van der Waals surface area (Å²) in [5.41, 5.74) is 1.88. The zero-order chi connectivity index (χ0) is 24.5. The van der Waals surface area contributed by atoms with Crippen molar-refractivity contribution >= 4 is 22.9 Å². The minimum absolute atomic E-state index is 0.247. The quantitative estimate of drug-likeness (QED) is 0.356. The fourth-order valence-corrected chi connectivity index (χ4v) is 4.96. The Kier molecular flexibility index (Phi) is 6.90. The molecule has 1 aliphatic carbocycles. The first kappa shape index (κ1) is 24.0. The maximum atomic E-state index is 10.9. The topological polar surface area (TPSA) is 143 Å². The molecule has 2 aliphatic rings. The summed E-state index contributed by atoms with van der Waals surface area (Å²) in [5.74, 6) is 1.55. The molecule has 35 heavy (non-hydrogen) atoms. The molecule has 1 saturated carbocycles. The van der Waals surface area contributed by atoms with Gasteiger partial charge in [-0.3, -0.25) is 4.57 Å². The van der Waals surface area contributed by atoms with Crippen LogP contribution < -0.4 is 10.6 Å². The van der Waals surface area contributed by atoms with Crippen molar-refractivity contribution < 1.29 is 19.5 Å². The molecule has 0 aromatic carbocycles. The predicted molar refractivity (Wildman–Crippen MR) is 130 cm³/mol. The number of aliphatic hydroxyl groups excluding tert-OH is 2. The third-order valence-corrected chi connectivity index (χ3v) is 7.17. The van der Waals surface area contributed by atoms with Crippen molar-refractivity contribution in [3.05, 3.63) is 23.8 Å². The monoisotopic (exact) mass is 485 g/mol. The van der Waals surface area contributed by atoms with Gasteiger partial charge in [-0.2, -0.15) is 9.97 Å². The molecule has 3 aromatic rings. The summed E-state index contributed by atoms with van der Waals surface area (Å²) in [6.07, 6.45) is 4.61. The van der Waals surface area contributed by atoms with Crippen LogP contribution in [0.3, 0.4) is 0 Å². The van der Waals surface area contributed by atoms with Crippen LogP contribution in [-0.4, -0.2) is 59.2 Å². The molecule has 0 unspecified atom stereocenters. The van der Waals surface area contributed by atoms with Crippen LogP contribution in [0, 0.1) is 0 Å². The van der Waals surface area contributed by atoms with Crippen LogP contribution in [-0.2, 0) is 11.2 Å². The van der Waals surface area contributed by atoms with Crippen LogP contribution in [0.5, 0.6) is 0 Å². The van der Waals surface area contributed by atoms with Gasteiger partial charge in [0.15, 0.2) is 29.0 Å².